The van der Waals surface area contributed by atoms with Crippen molar-refractivity contribution in [3.63, 3.8) is 0 Å². The maximum absolute atomic E-state index is 2.44. The van der Waals surface area contributed by atoms with Crippen LogP contribution in [0.25, 0.3) is 0 Å². The molecular formula is C15H30. The molecular weight excluding hydrogens is 180 g/mol. The zero-order valence-corrected chi connectivity index (χ0v) is 12.1. The van der Waals surface area contributed by atoms with Gasteiger partial charge in [0, 0.05) is 0 Å². The van der Waals surface area contributed by atoms with Gasteiger partial charge in [0.05, 0.1) is 0 Å². The van der Waals surface area contributed by atoms with Gasteiger partial charge in [-0.25, -0.2) is 0 Å². The Morgan fingerprint density at radius 2 is 1.13 bits per heavy atom. The van der Waals surface area contributed by atoms with Crippen molar-refractivity contribution in [2.24, 2.45) is 21.7 Å². The predicted octanol–water partition coefficient (Wildman–Crippen LogP) is 5.28. The van der Waals surface area contributed by atoms with Crippen molar-refractivity contribution >= 4 is 0 Å². The van der Waals surface area contributed by atoms with Crippen LogP contribution < -0.4 is 0 Å². The van der Waals surface area contributed by atoms with E-state index in [0.717, 1.165) is 0 Å². The Morgan fingerprint density at radius 1 is 0.733 bits per heavy atom. The highest BCUT2D eigenvalue weighted by atomic mass is 14.6. The Hall–Kier alpha value is 0. The molecule has 0 unspecified atom stereocenters. The molecule has 0 aliphatic heterocycles. The van der Waals surface area contributed by atoms with E-state index in [1.165, 1.54) is 19.3 Å². The van der Waals surface area contributed by atoms with E-state index in [1.54, 1.807) is 0 Å². The van der Waals surface area contributed by atoms with E-state index in [2.05, 4.69) is 55.4 Å². The average Bonchev–Trinajstić information content (AvgIpc) is 2.23. The molecule has 0 N–H and O–H groups in total. The summed E-state index contributed by atoms with van der Waals surface area (Å²) in [4.78, 5) is 0. The van der Waals surface area contributed by atoms with Crippen molar-refractivity contribution in [1.82, 2.24) is 0 Å². The lowest BCUT2D eigenvalue weighted by molar-refractivity contribution is -0.0339. The van der Waals surface area contributed by atoms with Crippen LogP contribution in [0.5, 0.6) is 0 Å². The summed E-state index contributed by atoms with van der Waals surface area (Å²) in [5.74, 6) is 0. The molecule has 0 aromatic heterocycles. The molecule has 0 bridgehead atoms. The van der Waals surface area contributed by atoms with Gasteiger partial charge in [-0.1, -0.05) is 55.4 Å². The van der Waals surface area contributed by atoms with Crippen LogP contribution in [0.2, 0.25) is 0 Å². The Morgan fingerprint density at radius 3 is 1.27 bits per heavy atom. The van der Waals surface area contributed by atoms with Crippen LogP contribution >= 0.6 is 0 Å². The molecule has 0 heteroatoms. The first-order valence-electron chi connectivity index (χ1n) is 6.41. The van der Waals surface area contributed by atoms with Gasteiger partial charge in [-0.05, 0) is 40.9 Å². The lowest BCUT2D eigenvalue weighted by Gasteiger charge is -2.52. The Kier molecular flexibility index (Phi) is 2.83. The van der Waals surface area contributed by atoms with Crippen LogP contribution in [0.1, 0.15) is 74.7 Å². The summed E-state index contributed by atoms with van der Waals surface area (Å²) in [6, 6.07) is 0. The van der Waals surface area contributed by atoms with Gasteiger partial charge < -0.3 is 0 Å². The molecule has 0 aromatic carbocycles. The number of rotatable bonds is 0. The third-order valence-corrected chi connectivity index (χ3v) is 4.88. The van der Waals surface area contributed by atoms with Crippen LogP contribution in [0.15, 0.2) is 0 Å². The fraction of sp³-hybridized carbons (Fsp3) is 1.00. The summed E-state index contributed by atoms with van der Waals surface area (Å²) in [7, 11) is 0. The van der Waals surface area contributed by atoms with E-state index >= 15 is 0 Å². The van der Waals surface area contributed by atoms with Gasteiger partial charge in [0.25, 0.3) is 0 Å². The fourth-order valence-electron chi connectivity index (χ4n) is 3.95. The minimum absolute atomic E-state index is 0.416. The molecule has 0 spiro atoms. The van der Waals surface area contributed by atoms with Crippen molar-refractivity contribution < 1.29 is 0 Å². The predicted molar refractivity (Wildman–Crippen MR) is 69.0 cm³/mol. The lowest BCUT2D eigenvalue weighted by atomic mass is 9.52. The largest absolute Gasteiger partial charge is 0.0599 e. The molecule has 0 heterocycles. The first-order chi connectivity index (χ1) is 6.41. The molecule has 0 saturated heterocycles. The van der Waals surface area contributed by atoms with E-state index in [0.29, 0.717) is 21.7 Å². The Labute approximate surface area is 96.8 Å². The van der Waals surface area contributed by atoms with Gasteiger partial charge in [-0.3, -0.25) is 0 Å². The Balaban J connectivity index is 3.13. The van der Waals surface area contributed by atoms with Crippen molar-refractivity contribution in [1.29, 1.82) is 0 Å². The molecule has 0 nitrogen and oxygen atoms in total. The molecule has 90 valence electrons. The smallest absolute Gasteiger partial charge is 0.0195 e. The summed E-state index contributed by atoms with van der Waals surface area (Å²) in [5, 5.41) is 0. The highest BCUT2D eigenvalue weighted by molar-refractivity contribution is 5.05. The normalized spacial score (nSPS) is 25.6. The van der Waals surface area contributed by atoms with Gasteiger partial charge in [-0.2, -0.15) is 0 Å². The average molecular weight is 210 g/mol. The van der Waals surface area contributed by atoms with Crippen molar-refractivity contribution in [2.75, 3.05) is 0 Å². The summed E-state index contributed by atoms with van der Waals surface area (Å²) < 4.78 is 0. The third-order valence-electron chi connectivity index (χ3n) is 4.88. The minimum Gasteiger partial charge on any atom is -0.0599 e. The molecule has 0 amide bonds. The zero-order valence-electron chi connectivity index (χ0n) is 12.1. The molecule has 1 aliphatic rings. The van der Waals surface area contributed by atoms with Gasteiger partial charge in [0.1, 0.15) is 0 Å². The summed E-state index contributed by atoms with van der Waals surface area (Å²) in [6.45, 7) is 19.5. The second kappa shape index (κ2) is 3.25. The highest BCUT2D eigenvalue weighted by Crippen LogP contribution is 2.65. The maximum Gasteiger partial charge on any atom is -0.0195 e. The number of hydrogen-bond donors (Lipinski definition) is 0. The van der Waals surface area contributed by atoms with E-state index in [9.17, 15) is 0 Å². The second-order valence-corrected chi connectivity index (χ2v) is 8.42. The molecule has 1 rings (SSSR count). The lowest BCUT2D eigenvalue weighted by Crippen LogP contribution is -2.44. The first-order valence-corrected chi connectivity index (χ1v) is 6.41. The Bertz CT molecular complexity index is 218. The van der Waals surface area contributed by atoms with E-state index in [4.69, 9.17) is 0 Å². The van der Waals surface area contributed by atoms with Crippen LogP contribution in [-0.4, -0.2) is 0 Å². The molecule has 1 fully saturated rings. The summed E-state index contributed by atoms with van der Waals surface area (Å²) in [6.07, 6.45) is 4.17. The molecule has 0 atom stereocenters. The summed E-state index contributed by atoms with van der Waals surface area (Å²) >= 11 is 0. The molecule has 15 heavy (non-hydrogen) atoms. The monoisotopic (exact) mass is 210 g/mol. The van der Waals surface area contributed by atoms with Gasteiger partial charge in [0.2, 0.25) is 0 Å². The molecule has 1 aliphatic carbocycles. The topological polar surface area (TPSA) is 0 Å². The van der Waals surface area contributed by atoms with Crippen LogP contribution in [-0.2, 0) is 0 Å². The van der Waals surface area contributed by atoms with Crippen molar-refractivity contribution in [3.8, 4) is 0 Å². The third kappa shape index (κ3) is 2.10. The molecule has 0 radical (unpaired) electrons. The standard InChI is InChI=1S/C15H30/c1-12(2,3)15(13(4,5)6)10-9-14(7,8)11-15/h9-11H2,1-8H3. The van der Waals surface area contributed by atoms with Crippen LogP contribution in [0.3, 0.4) is 0 Å². The van der Waals surface area contributed by atoms with E-state index < -0.39 is 0 Å². The van der Waals surface area contributed by atoms with Gasteiger partial charge in [-0.15, -0.1) is 0 Å². The van der Waals surface area contributed by atoms with E-state index in [1.807, 2.05) is 0 Å². The van der Waals surface area contributed by atoms with Crippen molar-refractivity contribution in [3.05, 3.63) is 0 Å². The van der Waals surface area contributed by atoms with Crippen molar-refractivity contribution in [2.45, 2.75) is 74.7 Å². The van der Waals surface area contributed by atoms with E-state index in [-0.39, 0.29) is 0 Å². The molecule has 0 aromatic rings. The fourth-order valence-corrected chi connectivity index (χ4v) is 3.95. The first kappa shape index (κ1) is 13.1. The maximum atomic E-state index is 2.44. The van der Waals surface area contributed by atoms with Crippen LogP contribution in [0, 0.1) is 21.7 Å². The van der Waals surface area contributed by atoms with Crippen LogP contribution in [0.4, 0.5) is 0 Å². The SMILES string of the molecule is CC1(C)CCC(C(C)(C)C)(C(C)(C)C)C1. The number of hydrogen-bond acceptors (Lipinski definition) is 0. The quantitative estimate of drug-likeness (QED) is 0.510. The van der Waals surface area contributed by atoms with Gasteiger partial charge in [0.15, 0.2) is 0 Å². The zero-order chi connectivity index (χ0) is 12.1. The summed E-state index contributed by atoms with van der Waals surface area (Å²) in [5.41, 5.74) is 1.88. The highest BCUT2D eigenvalue weighted by Gasteiger charge is 2.55. The second-order valence-electron chi connectivity index (χ2n) is 8.42. The van der Waals surface area contributed by atoms with Gasteiger partial charge >= 0.3 is 0 Å². The minimum atomic E-state index is 0.416. The molecule has 1 saturated carbocycles.